The summed E-state index contributed by atoms with van der Waals surface area (Å²) in [6, 6.07) is 5.46. The molecule has 1 aliphatic carbocycles. The number of benzene rings is 1. The predicted octanol–water partition coefficient (Wildman–Crippen LogP) is 1.89. The van der Waals surface area contributed by atoms with E-state index in [1.165, 1.54) is 0 Å². The summed E-state index contributed by atoms with van der Waals surface area (Å²) in [5, 5.41) is 13.4. The highest BCUT2D eigenvalue weighted by Gasteiger charge is 2.33. The van der Waals surface area contributed by atoms with E-state index in [1.807, 2.05) is 13.0 Å². The summed E-state index contributed by atoms with van der Waals surface area (Å²) in [6.45, 7) is 1.89. The van der Waals surface area contributed by atoms with Crippen LogP contribution >= 0.6 is 11.6 Å². The van der Waals surface area contributed by atoms with Crippen LogP contribution in [0.25, 0.3) is 11.4 Å². The lowest BCUT2D eigenvalue weighted by molar-refractivity contribution is 0.567. The third-order valence-electron chi connectivity index (χ3n) is 3.26. The van der Waals surface area contributed by atoms with Crippen LogP contribution in [0.1, 0.15) is 24.4 Å². The molecule has 0 unspecified atom stereocenters. The summed E-state index contributed by atoms with van der Waals surface area (Å²) in [7, 11) is -3.88. The van der Waals surface area contributed by atoms with Crippen molar-refractivity contribution in [1.82, 2.24) is 14.8 Å². The predicted molar refractivity (Wildman–Crippen MR) is 74.8 cm³/mol. The minimum Gasteiger partial charge on any atom is -0.294 e. The number of hydrogen-bond donors (Lipinski definition) is 1. The normalized spacial score (nSPS) is 15.6. The van der Waals surface area contributed by atoms with Crippen LogP contribution in [-0.2, 0) is 10.0 Å². The van der Waals surface area contributed by atoms with Crippen molar-refractivity contribution in [3.63, 3.8) is 0 Å². The molecule has 8 heteroatoms. The van der Waals surface area contributed by atoms with Crippen LogP contribution in [0.4, 0.5) is 0 Å². The number of aromatic nitrogens is 3. The van der Waals surface area contributed by atoms with Gasteiger partial charge in [0.2, 0.25) is 0 Å². The number of hydrogen-bond acceptors (Lipinski definition) is 4. The van der Waals surface area contributed by atoms with E-state index in [0.29, 0.717) is 10.8 Å². The van der Waals surface area contributed by atoms with E-state index in [1.54, 1.807) is 16.7 Å². The highest BCUT2D eigenvalue weighted by atomic mass is 35.5. The first-order valence-electron chi connectivity index (χ1n) is 6.12. The van der Waals surface area contributed by atoms with Crippen molar-refractivity contribution in [3.05, 3.63) is 28.8 Å². The van der Waals surface area contributed by atoms with Crippen molar-refractivity contribution >= 4 is 21.6 Å². The molecule has 1 heterocycles. The summed E-state index contributed by atoms with van der Waals surface area (Å²) in [4.78, 5) is 0. The van der Waals surface area contributed by atoms with Gasteiger partial charge in [-0.2, -0.15) is 0 Å². The minimum absolute atomic E-state index is 0.100. The molecule has 2 N–H and O–H groups in total. The first-order valence-corrected chi connectivity index (χ1v) is 8.04. The van der Waals surface area contributed by atoms with E-state index < -0.39 is 10.0 Å². The van der Waals surface area contributed by atoms with Crippen molar-refractivity contribution in [2.24, 2.45) is 5.14 Å². The van der Waals surface area contributed by atoms with E-state index in [4.69, 9.17) is 16.7 Å². The highest BCUT2D eigenvalue weighted by Crippen LogP contribution is 2.40. The maximum absolute atomic E-state index is 11.6. The van der Waals surface area contributed by atoms with Gasteiger partial charge in [0.1, 0.15) is 0 Å². The Kier molecular flexibility index (Phi) is 3.07. The van der Waals surface area contributed by atoms with E-state index >= 15 is 0 Å². The number of rotatable bonds is 3. The zero-order valence-electron chi connectivity index (χ0n) is 10.7. The molecule has 0 saturated heterocycles. The fraction of sp³-hybridized carbons (Fsp3) is 0.333. The first-order chi connectivity index (χ1) is 9.38. The Labute approximate surface area is 121 Å². The summed E-state index contributed by atoms with van der Waals surface area (Å²) in [6.07, 6.45) is 1.81. The molecule has 1 aromatic heterocycles. The number of nitrogens with zero attached hydrogens (tertiary/aromatic N) is 3. The van der Waals surface area contributed by atoms with Crippen molar-refractivity contribution in [2.45, 2.75) is 31.0 Å². The van der Waals surface area contributed by atoms with E-state index in [9.17, 15) is 8.42 Å². The van der Waals surface area contributed by atoms with Crippen molar-refractivity contribution in [3.8, 4) is 11.4 Å². The maximum Gasteiger partial charge on any atom is 0.273 e. The molecule has 0 atom stereocenters. The third kappa shape index (κ3) is 2.32. The van der Waals surface area contributed by atoms with Gasteiger partial charge in [0, 0.05) is 16.6 Å². The third-order valence-corrected chi connectivity index (χ3v) is 4.28. The molecule has 2 aromatic rings. The molecule has 0 radical (unpaired) electrons. The maximum atomic E-state index is 11.6. The molecule has 0 spiro atoms. The number of sulfonamides is 1. The summed E-state index contributed by atoms with van der Waals surface area (Å²) < 4.78 is 24.8. The number of aryl methyl sites for hydroxylation is 1. The molecule has 0 bridgehead atoms. The second-order valence-corrected chi connectivity index (χ2v) is 6.80. The molecule has 6 nitrogen and oxygen atoms in total. The topological polar surface area (TPSA) is 90.9 Å². The second kappa shape index (κ2) is 4.54. The lowest BCUT2D eigenvalue weighted by Gasteiger charge is -2.09. The van der Waals surface area contributed by atoms with Crippen molar-refractivity contribution < 1.29 is 8.42 Å². The molecule has 1 aromatic carbocycles. The lowest BCUT2D eigenvalue weighted by atomic mass is 10.1. The molecular formula is C12H13ClN4O2S. The quantitative estimate of drug-likeness (QED) is 0.937. The standard InChI is InChI=1S/C12H13ClN4O2S/c1-7-6-8(13)2-5-10(7)11-15-16-12(20(14,18)19)17(11)9-3-4-9/h2,5-6,9H,3-4H2,1H3,(H2,14,18,19). The molecule has 20 heavy (non-hydrogen) atoms. The molecule has 3 rings (SSSR count). The zero-order chi connectivity index (χ0) is 14.5. The van der Waals surface area contributed by atoms with Crippen LogP contribution in [0.3, 0.4) is 0 Å². The van der Waals surface area contributed by atoms with Crippen molar-refractivity contribution in [2.75, 3.05) is 0 Å². The smallest absolute Gasteiger partial charge is 0.273 e. The summed E-state index contributed by atoms with van der Waals surface area (Å²) >= 11 is 5.94. The van der Waals surface area contributed by atoms with Crippen LogP contribution in [0.5, 0.6) is 0 Å². The Morgan fingerprint density at radius 2 is 2.05 bits per heavy atom. The molecular weight excluding hydrogens is 300 g/mol. The first kappa shape index (κ1) is 13.5. The summed E-state index contributed by atoms with van der Waals surface area (Å²) in [5.74, 6) is 0.519. The Balaban J connectivity index is 2.22. The number of nitrogens with two attached hydrogens (primary N) is 1. The van der Waals surface area contributed by atoms with Crippen molar-refractivity contribution in [1.29, 1.82) is 0 Å². The average molecular weight is 313 g/mol. The number of halogens is 1. The van der Waals surface area contributed by atoms with Gasteiger partial charge in [0.05, 0.1) is 0 Å². The molecule has 0 aliphatic heterocycles. The Hall–Kier alpha value is -1.44. The van der Waals surface area contributed by atoms with Gasteiger partial charge in [-0.15, -0.1) is 10.2 Å². The van der Waals surface area contributed by atoms with Gasteiger partial charge in [-0.25, -0.2) is 13.6 Å². The van der Waals surface area contributed by atoms with E-state index in [2.05, 4.69) is 10.2 Å². The molecule has 1 saturated carbocycles. The molecule has 1 fully saturated rings. The van der Waals surface area contributed by atoms with Gasteiger partial charge < -0.3 is 0 Å². The van der Waals surface area contributed by atoms with Gasteiger partial charge >= 0.3 is 0 Å². The fourth-order valence-corrected chi connectivity index (χ4v) is 3.09. The van der Waals surface area contributed by atoms with Gasteiger partial charge in [0.15, 0.2) is 5.82 Å². The fourth-order valence-electron chi connectivity index (χ4n) is 2.19. The largest absolute Gasteiger partial charge is 0.294 e. The number of primary sulfonamides is 1. The second-order valence-electron chi connectivity index (χ2n) is 4.91. The van der Waals surface area contributed by atoms with Crippen LogP contribution in [-0.4, -0.2) is 23.2 Å². The van der Waals surface area contributed by atoms with Gasteiger partial charge in [-0.05, 0) is 43.5 Å². The Morgan fingerprint density at radius 3 is 2.60 bits per heavy atom. The lowest BCUT2D eigenvalue weighted by Crippen LogP contribution is -2.18. The van der Waals surface area contributed by atoms with Gasteiger partial charge in [-0.1, -0.05) is 11.6 Å². The molecule has 0 amide bonds. The minimum atomic E-state index is -3.88. The molecule has 1 aliphatic rings. The van der Waals surface area contributed by atoms with Crippen LogP contribution in [0.15, 0.2) is 23.4 Å². The van der Waals surface area contributed by atoms with E-state index in [-0.39, 0.29) is 11.2 Å². The zero-order valence-corrected chi connectivity index (χ0v) is 12.3. The van der Waals surface area contributed by atoms with Crippen LogP contribution < -0.4 is 5.14 Å². The highest BCUT2D eigenvalue weighted by molar-refractivity contribution is 7.89. The molecule has 106 valence electrons. The Bertz CT molecular complexity index is 781. The summed E-state index contributed by atoms with van der Waals surface area (Å²) in [5.41, 5.74) is 1.72. The average Bonchev–Trinajstić information content (AvgIpc) is 3.07. The monoisotopic (exact) mass is 312 g/mol. The Morgan fingerprint density at radius 1 is 1.35 bits per heavy atom. The van der Waals surface area contributed by atoms with E-state index in [0.717, 1.165) is 24.0 Å². The van der Waals surface area contributed by atoms with Gasteiger partial charge in [-0.3, -0.25) is 4.57 Å². The SMILES string of the molecule is Cc1cc(Cl)ccc1-c1nnc(S(N)(=O)=O)n1C1CC1. The van der Waals surface area contributed by atoms with Crippen LogP contribution in [0, 0.1) is 6.92 Å². The van der Waals surface area contributed by atoms with Crippen LogP contribution in [0.2, 0.25) is 5.02 Å². The van der Waals surface area contributed by atoms with Gasteiger partial charge in [0.25, 0.3) is 15.2 Å².